The van der Waals surface area contributed by atoms with Gasteiger partial charge in [-0.3, -0.25) is 0 Å². The predicted octanol–water partition coefficient (Wildman–Crippen LogP) is 2.41. The molecular formula is C14H24O3SSi. The summed E-state index contributed by atoms with van der Waals surface area (Å²) in [7, 11) is -1.09. The van der Waals surface area contributed by atoms with Crippen LogP contribution in [-0.2, 0) is 19.7 Å². The topological polar surface area (TPSA) is 27.7 Å². The van der Waals surface area contributed by atoms with E-state index in [0.717, 1.165) is 23.8 Å². The fourth-order valence-corrected chi connectivity index (χ4v) is 4.78. The Morgan fingerprint density at radius 3 is 2.26 bits per heavy atom. The Bertz CT molecular complexity index is 367. The van der Waals surface area contributed by atoms with E-state index in [2.05, 4.69) is 24.8 Å². The predicted molar refractivity (Wildman–Crippen MR) is 84.3 cm³/mol. The second-order valence-electron chi connectivity index (χ2n) is 4.11. The fraction of sp³-hybridized carbons (Fsp3) is 0.571. The standard InChI is InChI=1S/C14H24O3SSi/c1-4-16-19(15-3,17-5-2)14-11-7-6-9-13(14)10-8-12-18/h6-7,9,11,18H,4-5,8,10,12H2,1-3H3. The van der Waals surface area contributed by atoms with Crippen molar-refractivity contribution in [3.63, 3.8) is 0 Å². The van der Waals surface area contributed by atoms with E-state index in [4.69, 9.17) is 13.3 Å². The second-order valence-corrected chi connectivity index (χ2v) is 7.19. The van der Waals surface area contributed by atoms with Gasteiger partial charge in [-0.15, -0.1) is 0 Å². The van der Waals surface area contributed by atoms with Gasteiger partial charge in [0.25, 0.3) is 0 Å². The van der Waals surface area contributed by atoms with Gasteiger partial charge >= 0.3 is 8.80 Å². The van der Waals surface area contributed by atoms with Crippen LogP contribution in [0.4, 0.5) is 0 Å². The third kappa shape index (κ3) is 4.32. The van der Waals surface area contributed by atoms with Crippen LogP contribution in [0.15, 0.2) is 24.3 Å². The monoisotopic (exact) mass is 300 g/mol. The molecule has 0 aliphatic heterocycles. The molecule has 3 nitrogen and oxygen atoms in total. The summed E-state index contributed by atoms with van der Waals surface area (Å²) in [6.07, 6.45) is 2.00. The lowest BCUT2D eigenvalue weighted by atomic mass is 10.1. The van der Waals surface area contributed by atoms with Gasteiger partial charge in [-0.2, -0.15) is 12.6 Å². The Kier molecular flexibility index (Phi) is 7.71. The minimum Gasteiger partial charge on any atom is -0.373 e. The number of aryl methyl sites for hydroxylation is 1. The molecule has 0 amide bonds. The summed E-state index contributed by atoms with van der Waals surface area (Å²) >= 11 is 4.28. The molecular weight excluding hydrogens is 276 g/mol. The molecule has 108 valence electrons. The van der Waals surface area contributed by atoms with Gasteiger partial charge in [0.05, 0.1) is 0 Å². The van der Waals surface area contributed by atoms with Crippen LogP contribution in [0, 0.1) is 0 Å². The molecule has 0 N–H and O–H groups in total. The number of hydrogen-bond acceptors (Lipinski definition) is 4. The molecule has 1 aromatic rings. The smallest absolute Gasteiger partial charge is 0.373 e. The van der Waals surface area contributed by atoms with E-state index in [1.165, 1.54) is 5.56 Å². The minimum atomic E-state index is -2.77. The van der Waals surface area contributed by atoms with Crippen molar-refractivity contribution in [1.82, 2.24) is 0 Å². The molecule has 0 heterocycles. The largest absolute Gasteiger partial charge is 0.537 e. The van der Waals surface area contributed by atoms with Crippen molar-refractivity contribution < 1.29 is 13.3 Å². The fourth-order valence-electron chi connectivity index (χ4n) is 2.11. The van der Waals surface area contributed by atoms with Crippen molar-refractivity contribution in [2.75, 3.05) is 26.1 Å². The van der Waals surface area contributed by atoms with Crippen molar-refractivity contribution in [3.05, 3.63) is 29.8 Å². The highest BCUT2D eigenvalue weighted by atomic mass is 32.1. The van der Waals surface area contributed by atoms with Crippen molar-refractivity contribution in [3.8, 4) is 0 Å². The van der Waals surface area contributed by atoms with E-state index in [1.54, 1.807) is 7.11 Å². The van der Waals surface area contributed by atoms with E-state index in [9.17, 15) is 0 Å². The van der Waals surface area contributed by atoms with Crippen molar-refractivity contribution in [1.29, 1.82) is 0 Å². The van der Waals surface area contributed by atoms with Gasteiger partial charge in [-0.25, -0.2) is 0 Å². The summed E-state index contributed by atoms with van der Waals surface area (Å²) in [6.45, 7) is 5.11. The van der Waals surface area contributed by atoms with Crippen LogP contribution < -0.4 is 5.19 Å². The van der Waals surface area contributed by atoms with E-state index < -0.39 is 8.80 Å². The Hall–Kier alpha value is -0.333. The van der Waals surface area contributed by atoms with Crippen molar-refractivity contribution >= 4 is 26.6 Å². The molecule has 0 aliphatic carbocycles. The van der Waals surface area contributed by atoms with Gasteiger partial charge in [0.1, 0.15) is 0 Å². The maximum Gasteiger partial charge on any atom is 0.537 e. The summed E-state index contributed by atoms with van der Waals surface area (Å²) in [5, 5.41) is 1.09. The highest BCUT2D eigenvalue weighted by Gasteiger charge is 2.43. The third-order valence-corrected chi connectivity index (χ3v) is 6.23. The molecule has 0 saturated heterocycles. The van der Waals surface area contributed by atoms with Gasteiger partial charge < -0.3 is 13.3 Å². The van der Waals surface area contributed by atoms with Crippen LogP contribution in [0.5, 0.6) is 0 Å². The van der Waals surface area contributed by atoms with Crippen molar-refractivity contribution in [2.45, 2.75) is 26.7 Å². The van der Waals surface area contributed by atoms with Gasteiger partial charge in [-0.1, -0.05) is 24.3 Å². The van der Waals surface area contributed by atoms with E-state index >= 15 is 0 Å². The molecule has 1 aromatic carbocycles. The quantitative estimate of drug-likeness (QED) is 0.561. The number of rotatable bonds is 9. The molecule has 0 aliphatic rings. The van der Waals surface area contributed by atoms with Gasteiger partial charge in [0, 0.05) is 25.5 Å². The first-order valence-electron chi connectivity index (χ1n) is 6.76. The van der Waals surface area contributed by atoms with E-state index in [1.807, 2.05) is 26.0 Å². The molecule has 1 rings (SSSR count). The molecule has 0 atom stereocenters. The lowest BCUT2D eigenvalue weighted by molar-refractivity contribution is 0.102. The highest BCUT2D eigenvalue weighted by Crippen LogP contribution is 2.14. The Labute approximate surface area is 123 Å². The van der Waals surface area contributed by atoms with Crippen LogP contribution in [0.1, 0.15) is 25.8 Å². The first-order valence-corrected chi connectivity index (χ1v) is 9.12. The maximum atomic E-state index is 5.90. The van der Waals surface area contributed by atoms with Crippen molar-refractivity contribution in [2.24, 2.45) is 0 Å². The van der Waals surface area contributed by atoms with Gasteiger partial charge in [0.2, 0.25) is 0 Å². The average molecular weight is 300 g/mol. The number of thiol groups is 1. The summed E-state index contributed by atoms with van der Waals surface area (Å²) in [5.41, 5.74) is 1.24. The van der Waals surface area contributed by atoms with Crippen LogP contribution >= 0.6 is 12.6 Å². The Morgan fingerprint density at radius 2 is 1.74 bits per heavy atom. The average Bonchev–Trinajstić information content (AvgIpc) is 2.45. The molecule has 0 fully saturated rings. The first-order chi connectivity index (χ1) is 9.24. The molecule has 0 aromatic heterocycles. The lowest BCUT2D eigenvalue weighted by Crippen LogP contribution is -2.57. The van der Waals surface area contributed by atoms with Crippen LogP contribution in [0.25, 0.3) is 0 Å². The minimum absolute atomic E-state index is 0.584. The SMILES string of the molecule is CCO[Si](OC)(OCC)c1ccccc1CCCS. The summed E-state index contributed by atoms with van der Waals surface area (Å²) < 4.78 is 17.5. The molecule has 5 heteroatoms. The molecule has 0 spiro atoms. The molecule has 0 radical (unpaired) electrons. The third-order valence-electron chi connectivity index (χ3n) is 2.89. The lowest BCUT2D eigenvalue weighted by Gasteiger charge is -2.29. The summed E-state index contributed by atoms with van der Waals surface area (Å²) in [6, 6.07) is 8.24. The van der Waals surface area contributed by atoms with Gasteiger partial charge in [-0.05, 0) is 38.0 Å². The maximum absolute atomic E-state index is 5.90. The zero-order valence-electron chi connectivity index (χ0n) is 12.0. The highest BCUT2D eigenvalue weighted by molar-refractivity contribution is 7.80. The second kappa shape index (κ2) is 8.76. The normalized spacial score (nSPS) is 11.8. The number of benzene rings is 1. The van der Waals surface area contributed by atoms with E-state index in [-0.39, 0.29) is 0 Å². The number of hydrogen-bond donors (Lipinski definition) is 1. The zero-order valence-corrected chi connectivity index (χ0v) is 13.9. The Balaban J connectivity index is 3.12. The van der Waals surface area contributed by atoms with E-state index in [0.29, 0.717) is 13.2 Å². The molecule has 0 unspecified atom stereocenters. The Morgan fingerprint density at radius 1 is 1.11 bits per heavy atom. The van der Waals surface area contributed by atoms with Crippen LogP contribution in [0.3, 0.4) is 0 Å². The van der Waals surface area contributed by atoms with Crippen LogP contribution in [0.2, 0.25) is 0 Å². The first kappa shape index (κ1) is 16.7. The van der Waals surface area contributed by atoms with Crippen LogP contribution in [-0.4, -0.2) is 34.9 Å². The van der Waals surface area contributed by atoms with Gasteiger partial charge in [0.15, 0.2) is 0 Å². The zero-order chi connectivity index (χ0) is 14.1. The molecule has 0 saturated carbocycles. The molecule has 19 heavy (non-hydrogen) atoms. The molecule has 0 bridgehead atoms. The summed E-state index contributed by atoms with van der Waals surface area (Å²) in [4.78, 5) is 0. The summed E-state index contributed by atoms with van der Waals surface area (Å²) in [5.74, 6) is 0.874.